The van der Waals surface area contributed by atoms with Crippen LogP contribution in [-0.2, 0) is 35.1 Å². The Kier molecular flexibility index (Phi) is 8.50. The van der Waals surface area contributed by atoms with E-state index in [4.69, 9.17) is 23.7 Å². The highest BCUT2D eigenvalue weighted by Gasteiger charge is 2.52. The molecule has 13 heteroatoms. The van der Waals surface area contributed by atoms with Crippen LogP contribution in [-0.4, -0.2) is 53.1 Å². The number of benzene rings is 3. The van der Waals surface area contributed by atoms with Gasteiger partial charge in [0.2, 0.25) is 0 Å². The summed E-state index contributed by atoms with van der Waals surface area (Å²) in [5.41, 5.74) is 0.534. The number of nitrogens with one attached hydrogen (secondary N) is 1. The number of nitro benzene ring substituents is 2. The van der Waals surface area contributed by atoms with Crippen molar-refractivity contribution < 1.29 is 38.3 Å². The van der Waals surface area contributed by atoms with Crippen LogP contribution >= 0.6 is 0 Å². The summed E-state index contributed by atoms with van der Waals surface area (Å²) in [6.45, 7) is 1.45. The second-order valence-corrected chi connectivity index (χ2v) is 9.48. The molecule has 2 aliphatic heterocycles. The first-order valence-corrected chi connectivity index (χ1v) is 12.8. The fourth-order valence-corrected chi connectivity index (χ4v) is 4.82. The van der Waals surface area contributed by atoms with E-state index < -0.39 is 64.1 Å². The molecule has 0 aliphatic carbocycles. The fourth-order valence-electron chi connectivity index (χ4n) is 4.82. The van der Waals surface area contributed by atoms with Gasteiger partial charge in [-0.2, -0.15) is 0 Å². The van der Waals surface area contributed by atoms with Gasteiger partial charge in [0.25, 0.3) is 11.4 Å². The summed E-state index contributed by atoms with van der Waals surface area (Å²) in [7, 11) is 0. The number of esters is 1. The van der Waals surface area contributed by atoms with Crippen molar-refractivity contribution in [3.8, 4) is 0 Å². The molecule has 6 atom stereocenters. The van der Waals surface area contributed by atoms with Crippen molar-refractivity contribution in [1.82, 2.24) is 0 Å². The monoisotopic (exact) mass is 565 g/mol. The molecule has 2 fully saturated rings. The third-order valence-electron chi connectivity index (χ3n) is 6.68. The maximum absolute atomic E-state index is 12.3. The van der Waals surface area contributed by atoms with Crippen molar-refractivity contribution in [2.45, 2.75) is 50.5 Å². The minimum Gasteiger partial charge on any atom is -0.457 e. The third-order valence-corrected chi connectivity index (χ3v) is 6.68. The first-order valence-electron chi connectivity index (χ1n) is 12.8. The molecule has 2 aliphatic rings. The maximum Gasteiger partial charge on any atom is 0.303 e. The Morgan fingerprint density at radius 1 is 0.976 bits per heavy atom. The van der Waals surface area contributed by atoms with Gasteiger partial charge in [0.1, 0.15) is 23.9 Å². The number of rotatable bonds is 9. The van der Waals surface area contributed by atoms with Crippen LogP contribution in [0.1, 0.15) is 24.3 Å². The van der Waals surface area contributed by atoms with Crippen LogP contribution in [0.25, 0.3) is 0 Å². The molecule has 1 unspecified atom stereocenters. The lowest BCUT2D eigenvalue weighted by Gasteiger charge is -2.49. The van der Waals surface area contributed by atoms with Gasteiger partial charge in [0.05, 0.1) is 29.1 Å². The summed E-state index contributed by atoms with van der Waals surface area (Å²) in [5.74, 6) is -0.617. The normalized spacial score (nSPS) is 25.5. The van der Waals surface area contributed by atoms with Gasteiger partial charge < -0.3 is 29.0 Å². The molecular formula is C28H27N3O10. The number of non-ortho nitro benzene ring substituents is 1. The van der Waals surface area contributed by atoms with Crippen LogP contribution in [0.3, 0.4) is 0 Å². The molecular weight excluding hydrogens is 538 g/mol. The minimum atomic E-state index is -1.09. The number of hydrogen-bond acceptors (Lipinski definition) is 11. The van der Waals surface area contributed by atoms with Gasteiger partial charge >= 0.3 is 5.97 Å². The van der Waals surface area contributed by atoms with Crippen molar-refractivity contribution in [2.24, 2.45) is 0 Å². The highest BCUT2D eigenvalue weighted by Crippen LogP contribution is 2.38. The van der Waals surface area contributed by atoms with E-state index in [1.165, 1.54) is 13.0 Å². The lowest BCUT2D eigenvalue weighted by Crippen LogP contribution is -2.65. The van der Waals surface area contributed by atoms with E-state index in [1.54, 1.807) is 0 Å². The lowest BCUT2D eigenvalue weighted by atomic mass is 9.94. The Hall–Kier alpha value is -4.43. The Labute approximate surface area is 234 Å². The van der Waals surface area contributed by atoms with Gasteiger partial charge in [0.15, 0.2) is 18.7 Å². The number of nitro groups is 2. The van der Waals surface area contributed by atoms with Crippen LogP contribution in [0.5, 0.6) is 0 Å². The summed E-state index contributed by atoms with van der Waals surface area (Å²) in [5, 5.41) is 26.1. The number of fused-ring (bicyclic) bond motifs is 1. The molecule has 0 aromatic heterocycles. The Morgan fingerprint density at radius 3 is 2.34 bits per heavy atom. The van der Waals surface area contributed by atoms with Gasteiger partial charge in [-0.25, -0.2) is 0 Å². The molecule has 41 heavy (non-hydrogen) atoms. The van der Waals surface area contributed by atoms with Crippen LogP contribution in [0.15, 0.2) is 78.9 Å². The van der Waals surface area contributed by atoms with E-state index in [0.29, 0.717) is 0 Å². The zero-order valence-corrected chi connectivity index (χ0v) is 21.9. The molecule has 5 rings (SSSR count). The minimum absolute atomic E-state index is 0.0511. The van der Waals surface area contributed by atoms with Gasteiger partial charge in [-0.1, -0.05) is 60.7 Å². The van der Waals surface area contributed by atoms with Crippen molar-refractivity contribution in [3.05, 3.63) is 110 Å². The predicted molar refractivity (Wildman–Crippen MR) is 143 cm³/mol. The molecule has 0 bridgehead atoms. The maximum atomic E-state index is 12.3. The summed E-state index contributed by atoms with van der Waals surface area (Å²) in [6.07, 6.45) is -4.46. The van der Waals surface area contributed by atoms with E-state index >= 15 is 0 Å². The second kappa shape index (κ2) is 12.4. The number of hydrogen-bond donors (Lipinski definition) is 1. The summed E-state index contributed by atoms with van der Waals surface area (Å²) in [6, 6.07) is 20.7. The molecule has 3 aromatic carbocycles. The van der Waals surface area contributed by atoms with E-state index in [1.807, 2.05) is 60.7 Å². The Balaban J connectivity index is 1.50. The summed E-state index contributed by atoms with van der Waals surface area (Å²) < 4.78 is 30.3. The quantitative estimate of drug-likeness (QED) is 0.224. The fraction of sp³-hybridized carbons (Fsp3) is 0.321. The highest BCUT2D eigenvalue weighted by molar-refractivity contribution is 5.67. The van der Waals surface area contributed by atoms with Gasteiger partial charge in [-0.15, -0.1) is 0 Å². The van der Waals surface area contributed by atoms with E-state index in [9.17, 15) is 25.0 Å². The molecule has 2 saturated heterocycles. The van der Waals surface area contributed by atoms with E-state index in [2.05, 4.69) is 5.32 Å². The number of carbonyl (C=O) groups excluding carboxylic acids is 1. The summed E-state index contributed by atoms with van der Waals surface area (Å²) in [4.78, 5) is 34.0. The van der Waals surface area contributed by atoms with Crippen LogP contribution in [0.4, 0.5) is 17.1 Å². The standard InChI is InChI=1S/C28H27N3O10/c1-17(32)39-26-24(29-21-13-12-20(30(33)34)14-22(21)31(35)36)28(37-15-18-8-4-2-5-9-18)40-23-16-38-27(41-25(23)26)19-10-6-3-7-11-19/h2-14,23-29H,15-16H2,1H3/t23-,24-,25-,26-,27?,28+/m1/s1. The van der Waals surface area contributed by atoms with Crippen molar-refractivity contribution in [1.29, 1.82) is 0 Å². The average molecular weight is 566 g/mol. The number of nitrogens with zero attached hydrogens (tertiary/aromatic N) is 2. The molecule has 214 valence electrons. The van der Waals surface area contributed by atoms with Crippen LogP contribution in [0, 0.1) is 20.2 Å². The van der Waals surface area contributed by atoms with Crippen molar-refractivity contribution >= 4 is 23.0 Å². The molecule has 0 radical (unpaired) electrons. The van der Waals surface area contributed by atoms with E-state index in [-0.39, 0.29) is 18.9 Å². The van der Waals surface area contributed by atoms with Gasteiger partial charge in [-0.3, -0.25) is 25.0 Å². The molecule has 0 spiro atoms. The largest absolute Gasteiger partial charge is 0.457 e. The third kappa shape index (κ3) is 6.49. The zero-order chi connectivity index (χ0) is 28.9. The average Bonchev–Trinajstić information content (AvgIpc) is 2.97. The van der Waals surface area contributed by atoms with Crippen molar-refractivity contribution in [3.63, 3.8) is 0 Å². The molecule has 2 heterocycles. The Morgan fingerprint density at radius 2 is 1.68 bits per heavy atom. The smallest absolute Gasteiger partial charge is 0.303 e. The van der Waals surface area contributed by atoms with Gasteiger partial charge in [-0.05, 0) is 11.6 Å². The van der Waals surface area contributed by atoms with Gasteiger partial charge in [0, 0.05) is 18.6 Å². The van der Waals surface area contributed by atoms with Crippen molar-refractivity contribution in [2.75, 3.05) is 11.9 Å². The molecule has 1 N–H and O–H groups in total. The SMILES string of the molecule is CC(=O)O[C@@H]1[C@@H](Nc2ccc([N+](=O)[O-])cc2[N+](=O)[O-])[C@@H](OCc2ccccc2)O[C@@H]2COC(c3ccccc3)O[C@@H]12. The number of ether oxygens (including phenoxy) is 5. The first-order chi connectivity index (χ1) is 19.8. The molecule has 13 nitrogen and oxygen atoms in total. The summed E-state index contributed by atoms with van der Waals surface area (Å²) >= 11 is 0. The lowest BCUT2D eigenvalue weighted by molar-refractivity contribution is -0.393. The second-order valence-electron chi connectivity index (χ2n) is 9.48. The number of anilines is 1. The topological polar surface area (TPSA) is 162 Å². The molecule has 0 amide bonds. The zero-order valence-electron chi connectivity index (χ0n) is 21.9. The molecule has 0 saturated carbocycles. The predicted octanol–water partition coefficient (Wildman–Crippen LogP) is 4.27. The number of carbonyl (C=O) groups is 1. The highest BCUT2D eigenvalue weighted by atomic mass is 16.8. The van der Waals surface area contributed by atoms with Crippen LogP contribution < -0.4 is 5.32 Å². The van der Waals surface area contributed by atoms with E-state index in [0.717, 1.165) is 23.3 Å². The Bertz CT molecular complexity index is 1390. The first kappa shape index (κ1) is 28.1. The van der Waals surface area contributed by atoms with Crippen LogP contribution in [0.2, 0.25) is 0 Å². The molecule has 3 aromatic rings.